The minimum absolute atomic E-state index is 0.0415. The van der Waals surface area contributed by atoms with Gasteiger partial charge in [0.1, 0.15) is 0 Å². The van der Waals surface area contributed by atoms with Gasteiger partial charge in [-0.1, -0.05) is 41.4 Å². The maximum absolute atomic E-state index is 12.0. The molecule has 0 radical (unpaired) electrons. The molecule has 1 heterocycles. The van der Waals surface area contributed by atoms with E-state index < -0.39 is 9.84 Å². The Bertz CT molecular complexity index is 965. The fourth-order valence-electron chi connectivity index (χ4n) is 2.31. The Morgan fingerprint density at radius 2 is 1.82 bits per heavy atom. The number of hydrogen-bond acceptors (Lipinski definition) is 3. The zero-order chi connectivity index (χ0) is 15.9. The molecule has 0 aliphatic rings. The van der Waals surface area contributed by atoms with Gasteiger partial charge in [0.05, 0.1) is 27.6 Å². The normalized spacial score (nSPS) is 12.0. The Labute approximate surface area is 138 Å². The summed E-state index contributed by atoms with van der Waals surface area (Å²) < 4.78 is 25.7. The van der Waals surface area contributed by atoms with Crippen molar-refractivity contribution in [2.75, 3.05) is 6.26 Å². The lowest BCUT2D eigenvalue weighted by atomic mass is 10.2. The molecule has 0 aliphatic heterocycles. The smallest absolute Gasteiger partial charge is 0.228 e. The summed E-state index contributed by atoms with van der Waals surface area (Å²) in [6.07, 6.45) is 1.15. The molecular weight excluding hydrogens is 343 g/mol. The van der Waals surface area contributed by atoms with Crippen molar-refractivity contribution >= 4 is 44.1 Å². The van der Waals surface area contributed by atoms with Crippen LogP contribution in [0.25, 0.3) is 11.0 Å². The minimum Gasteiger partial charge on any atom is -0.310 e. The highest BCUT2D eigenvalue weighted by atomic mass is 35.5. The van der Waals surface area contributed by atoms with Crippen LogP contribution in [0.3, 0.4) is 0 Å². The highest BCUT2D eigenvalue weighted by Gasteiger charge is 2.19. The molecule has 0 N–H and O–H groups in total. The number of aromatic nitrogens is 2. The van der Waals surface area contributed by atoms with Crippen LogP contribution >= 0.6 is 23.2 Å². The molecule has 0 aliphatic carbocycles. The van der Waals surface area contributed by atoms with Crippen LogP contribution < -0.4 is 0 Å². The molecule has 22 heavy (non-hydrogen) atoms. The van der Waals surface area contributed by atoms with E-state index in [9.17, 15) is 8.42 Å². The van der Waals surface area contributed by atoms with Gasteiger partial charge in [0.25, 0.3) is 0 Å². The van der Waals surface area contributed by atoms with E-state index >= 15 is 0 Å². The Kier molecular flexibility index (Phi) is 3.89. The monoisotopic (exact) mass is 354 g/mol. The molecule has 0 atom stereocenters. The van der Waals surface area contributed by atoms with Crippen LogP contribution in [0.4, 0.5) is 0 Å². The van der Waals surface area contributed by atoms with E-state index in [-0.39, 0.29) is 5.16 Å². The third kappa shape index (κ3) is 2.84. The second kappa shape index (κ2) is 5.57. The molecule has 4 nitrogen and oxygen atoms in total. The number of benzene rings is 2. The fraction of sp³-hybridized carbons (Fsp3) is 0.133. The predicted octanol–water partition coefficient (Wildman–Crippen LogP) is 3.79. The number of sulfone groups is 1. The molecular formula is C15H12Cl2N2O2S. The molecule has 3 aromatic rings. The summed E-state index contributed by atoms with van der Waals surface area (Å²) in [5, 5.41) is 0.938. The largest absolute Gasteiger partial charge is 0.310 e. The fourth-order valence-corrected chi connectivity index (χ4v) is 3.46. The Hall–Kier alpha value is -1.56. The quantitative estimate of drug-likeness (QED) is 0.718. The average Bonchev–Trinajstić information content (AvgIpc) is 2.82. The van der Waals surface area contributed by atoms with Gasteiger partial charge in [-0.25, -0.2) is 13.4 Å². The van der Waals surface area contributed by atoms with Crippen LogP contribution in [0.1, 0.15) is 5.56 Å². The van der Waals surface area contributed by atoms with E-state index in [1.165, 1.54) is 0 Å². The van der Waals surface area contributed by atoms with Gasteiger partial charge < -0.3 is 4.57 Å². The average molecular weight is 355 g/mol. The number of halogens is 2. The Morgan fingerprint density at radius 1 is 1.09 bits per heavy atom. The van der Waals surface area contributed by atoms with Crippen molar-refractivity contribution in [1.29, 1.82) is 0 Å². The van der Waals surface area contributed by atoms with Crippen molar-refractivity contribution in [3.8, 4) is 0 Å². The summed E-state index contributed by atoms with van der Waals surface area (Å²) >= 11 is 11.9. The first-order valence-electron chi connectivity index (χ1n) is 6.45. The highest BCUT2D eigenvalue weighted by Crippen LogP contribution is 2.25. The van der Waals surface area contributed by atoms with E-state index in [2.05, 4.69) is 4.98 Å². The van der Waals surface area contributed by atoms with Crippen LogP contribution in [-0.4, -0.2) is 24.2 Å². The molecule has 0 bridgehead atoms. The van der Waals surface area contributed by atoms with Gasteiger partial charge in [-0.2, -0.15) is 0 Å². The highest BCUT2D eigenvalue weighted by molar-refractivity contribution is 7.90. The molecule has 0 amide bonds. The SMILES string of the molecule is CS(=O)(=O)c1nc2ccccc2n1Cc1ccc(Cl)c(Cl)c1. The zero-order valence-corrected chi connectivity index (χ0v) is 14.0. The lowest BCUT2D eigenvalue weighted by Crippen LogP contribution is -2.10. The van der Waals surface area contributed by atoms with Gasteiger partial charge in [-0.3, -0.25) is 0 Å². The Morgan fingerprint density at radius 3 is 2.50 bits per heavy atom. The first-order chi connectivity index (χ1) is 10.4. The molecule has 3 rings (SSSR count). The van der Waals surface area contributed by atoms with Gasteiger partial charge in [0, 0.05) is 6.26 Å². The van der Waals surface area contributed by atoms with Crippen molar-refractivity contribution in [2.24, 2.45) is 0 Å². The van der Waals surface area contributed by atoms with Gasteiger partial charge in [0.15, 0.2) is 0 Å². The lowest BCUT2D eigenvalue weighted by molar-refractivity contribution is 0.581. The maximum atomic E-state index is 12.0. The van der Waals surface area contributed by atoms with Crippen molar-refractivity contribution in [3.63, 3.8) is 0 Å². The molecule has 114 valence electrons. The molecule has 0 spiro atoms. The van der Waals surface area contributed by atoms with Gasteiger partial charge in [-0.05, 0) is 29.8 Å². The van der Waals surface area contributed by atoms with E-state index in [0.717, 1.165) is 17.3 Å². The van der Waals surface area contributed by atoms with Crippen molar-refractivity contribution in [1.82, 2.24) is 9.55 Å². The zero-order valence-electron chi connectivity index (χ0n) is 11.6. The summed E-state index contributed by atoms with van der Waals surface area (Å²) in [6.45, 7) is 0.347. The summed E-state index contributed by atoms with van der Waals surface area (Å²) in [4.78, 5) is 4.24. The van der Waals surface area contributed by atoms with E-state index in [4.69, 9.17) is 23.2 Å². The first kappa shape index (κ1) is 15.3. The summed E-state index contributed by atoms with van der Waals surface area (Å²) in [5.74, 6) is 0. The number of para-hydroxylation sites is 2. The third-order valence-electron chi connectivity index (χ3n) is 3.28. The van der Waals surface area contributed by atoms with E-state index in [0.29, 0.717) is 22.1 Å². The van der Waals surface area contributed by atoms with E-state index in [1.54, 1.807) is 22.8 Å². The van der Waals surface area contributed by atoms with Gasteiger partial charge >= 0.3 is 0 Å². The van der Waals surface area contributed by atoms with Crippen molar-refractivity contribution in [3.05, 3.63) is 58.1 Å². The number of rotatable bonds is 3. The summed E-state index contributed by atoms with van der Waals surface area (Å²) in [5.41, 5.74) is 2.25. The topological polar surface area (TPSA) is 52.0 Å². The van der Waals surface area contributed by atoms with Gasteiger partial charge in [-0.15, -0.1) is 0 Å². The van der Waals surface area contributed by atoms with Crippen LogP contribution in [-0.2, 0) is 16.4 Å². The predicted molar refractivity (Wildman–Crippen MR) is 88.4 cm³/mol. The Balaban J connectivity index is 2.18. The van der Waals surface area contributed by atoms with Crippen molar-refractivity contribution < 1.29 is 8.42 Å². The number of nitrogens with zero attached hydrogens (tertiary/aromatic N) is 2. The van der Waals surface area contributed by atoms with Gasteiger partial charge in [0.2, 0.25) is 15.0 Å². The van der Waals surface area contributed by atoms with Crippen LogP contribution in [0.15, 0.2) is 47.6 Å². The molecule has 7 heteroatoms. The number of hydrogen-bond donors (Lipinski definition) is 0. The summed E-state index contributed by atoms with van der Waals surface area (Å²) in [7, 11) is -3.44. The minimum atomic E-state index is -3.44. The second-order valence-corrected chi connectivity index (χ2v) is 7.71. The lowest BCUT2D eigenvalue weighted by Gasteiger charge is -2.09. The third-order valence-corrected chi connectivity index (χ3v) is 4.99. The molecule has 2 aromatic carbocycles. The number of fused-ring (bicyclic) bond motifs is 1. The van der Waals surface area contributed by atoms with Crippen LogP contribution in [0.2, 0.25) is 10.0 Å². The van der Waals surface area contributed by atoms with Crippen molar-refractivity contribution in [2.45, 2.75) is 11.7 Å². The number of imidazole rings is 1. The van der Waals surface area contributed by atoms with E-state index in [1.807, 2.05) is 24.3 Å². The standard InChI is InChI=1S/C15H12Cl2N2O2S/c1-22(20,21)15-18-13-4-2-3-5-14(13)19(15)9-10-6-7-11(16)12(17)8-10/h2-8H,9H2,1H3. The molecule has 0 saturated carbocycles. The molecule has 0 saturated heterocycles. The summed E-state index contributed by atoms with van der Waals surface area (Å²) in [6, 6.07) is 12.5. The second-order valence-electron chi connectivity index (χ2n) is 4.99. The first-order valence-corrected chi connectivity index (χ1v) is 9.10. The molecule has 0 fully saturated rings. The molecule has 1 aromatic heterocycles. The van der Waals surface area contributed by atoms with Crippen LogP contribution in [0.5, 0.6) is 0 Å². The molecule has 0 unspecified atom stereocenters. The maximum Gasteiger partial charge on any atom is 0.228 e. The van der Waals surface area contributed by atoms with Crippen LogP contribution in [0, 0.1) is 0 Å².